The Balaban J connectivity index is 1.77. The van der Waals surface area contributed by atoms with Gasteiger partial charge in [0.25, 0.3) is 11.3 Å². The Morgan fingerprint density at radius 3 is 2.21 bits per heavy atom. The molecule has 3 N–H and O–H groups in total. The molecule has 0 aliphatic carbocycles. The highest BCUT2D eigenvalue weighted by atomic mass is 32.2. The summed E-state index contributed by atoms with van der Waals surface area (Å²) in [7, 11) is 0. The van der Waals surface area contributed by atoms with Crippen molar-refractivity contribution in [2.45, 2.75) is 13.2 Å². The van der Waals surface area contributed by atoms with Crippen LogP contribution in [0.5, 0.6) is 0 Å². The minimum absolute atomic E-state index is 0.140. The number of rotatable bonds is 8. The van der Waals surface area contributed by atoms with Crippen molar-refractivity contribution in [3.05, 3.63) is 95.6 Å². The van der Waals surface area contributed by atoms with E-state index in [0.717, 1.165) is 11.1 Å². The molecule has 6 nitrogen and oxygen atoms in total. The summed E-state index contributed by atoms with van der Waals surface area (Å²) in [4.78, 5) is 12.7. The molecule has 7 heteroatoms. The molecule has 0 amide bonds. The van der Waals surface area contributed by atoms with Crippen molar-refractivity contribution in [2.75, 3.05) is 10.0 Å². The third-order valence-electron chi connectivity index (χ3n) is 3.98. The smallest absolute Gasteiger partial charge is 0.340 e. The molecule has 0 bridgehead atoms. The van der Waals surface area contributed by atoms with E-state index in [-0.39, 0.29) is 12.2 Å². The minimum atomic E-state index is -2.23. The fourth-order valence-electron chi connectivity index (χ4n) is 2.63. The van der Waals surface area contributed by atoms with Gasteiger partial charge in [-0.3, -0.25) is 9.27 Å². The van der Waals surface area contributed by atoms with Gasteiger partial charge in [0.15, 0.2) is 0 Å². The van der Waals surface area contributed by atoms with Crippen molar-refractivity contribution in [1.82, 2.24) is 0 Å². The number of hydrogen-bond acceptors (Lipinski definition) is 4. The normalized spacial score (nSPS) is 11.5. The molecule has 28 heavy (non-hydrogen) atoms. The van der Waals surface area contributed by atoms with Gasteiger partial charge in [-0.25, -0.2) is 9.00 Å². The van der Waals surface area contributed by atoms with Crippen molar-refractivity contribution in [3.63, 3.8) is 0 Å². The first-order valence-corrected chi connectivity index (χ1v) is 9.73. The lowest BCUT2D eigenvalue weighted by Gasteiger charge is -2.14. The standard InChI is InChI=1S/C21H20N2O4S/c24-21(27-15-17-9-5-2-6-10-17)19-13-18(23-28(25)26)11-12-20(19)22-14-16-7-3-1-4-8-16/h1-13,22-23H,14-15H2,(H,25,26). The van der Waals surface area contributed by atoms with E-state index in [4.69, 9.17) is 9.29 Å². The molecule has 0 aromatic heterocycles. The van der Waals surface area contributed by atoms with Crippen LogP contribution in [0, 0.1) is 0 Å². The van der Waals surface area contributed by atoms with E-state index >= 15 is 0 Å². The molecule has 0 saturated carbocycles. The number of nitrogens with one attached hydrogen (secondary N) is 2. The van der Waals surface area contributed by atoms with Crippen LogP contribution in [0.3, 0.4) is 0 Å². The molecule has 1 atom stereocenters. The summed E-state index contributed by atoms with van der Waals surface area (Å²) >= 11 is -2.23. The molecule has 0 aliphatic heterocycles. The number of benzene rings is 3. The van der Waals surface area contributed by atoms with E-state index in [0.29, 0.717) is 17.9 Å². The van der Waals surface area contributed by atoms with Gasteiger partial charge in [0.2, 0.25) is 0 Å². The molecule has 144 valence electrons. The number of hydrogen-bond donors (Lipinski definition) is 3. The summed E-state index contributed by atoms with van der Waals surface area (Å²) in [6.45, 7) is 0.667. The van der Waals surface area contributed by atoms with Gasteiger partial charge in [-0.05, 0) is 29.3 Å². The van der Waals surface area contributed by atoms with Gasteiger partial charge in [0, 0.05) is 17.9 Å². The second-order valence-electron chi connectivity index (χ2n) is 6.01. The summed E-state index contributed by atoms with van der Waals surface area (Å²) < 4.78 is 27.9. The number of carbonyl (C=O) groups is 1. The molecule has 3 rings (SSSR count). The van der Waals surface area contributed by atoms with Crippen LogP contribution >= 0.6 is 0 Å². The summed E-state index contributed by atoms with van der Waals surface area (Å²) in [6, 6.07) is 23.9. The fourth-order valence-corrected chi connectivity index (χ4v) is 2.95. The second-order valence-corrected chi connectivity index (χ2v) is 6.71. The third kappa shape index (κ3) is 5.67. The molecule has 3 aromatic carbocycles. The number of anilines is 2. The van der Waals surface area contributed by atoms with Crippen molar-refractivity contribution < 1.29 is 18.3 Å². The summed E-state index contributed by atoms with van der Waals surface area (Å²) in [6.07, 6.45) is 0. The lowest BCUT2D eigenvalue weighted by molar-refractivity contribution is 0.0474. The average Bonchev–Trinajstić information content (AvgIpc) is 2.72. The Morgan fingerprint density at radius 2 is 1.57 bits per heavy atom. The number of carbonyl (C=O) groups excluding carboxylic acids is 1. The predicted molar refractivity (Wildman–Crippen MR) is 110 cm³/mol. The molecule has 0 saturated heterocycles. The summed E-state index contributed by atoms with van der Waals surface area (Å²) in [5, 5.41) is 3.22. The maximum atomic E-state index is 12.7. The van der Waals surface area contributed by atoms with E-state index in [1.807, 2.05) is 60.7 Å². The Bertz CT molecular complexity index is 949. The zero-order valence-electron chi connectivity index (χ0n) is 15.0. The molecule has 1 unspecified atom stereocenters. The highest BCUT2D eigenvalue weighted by molar-refractivity contribution is 7.80. The molecule has 3 aromatic rings. The highest BCUT2D eigenvalue weighted by Crippen LogP contribution is 2.23. The zero-order valence-corrected chi connectivity index (χ0v) is 15.8. The second kappa shape index (κ2) is 9.68. The van der Waals surface area contributed by atoms with Gasteiger partial charge < -0.3 is 10.1 Å². The molecular formula is C21H20N2O4S. The van der Waals surface area contributed by atoms with E-state index in [1.165, 1.54) is 6.07 Å². The Morgan fingerprint density at radius 1 is 0.929 bits per heavy atom. The fraction of sp³-hybridized carbons (Fsp3) is 0.0952. The van der Waals surface area contributed by atoms with Crippen LogP contribution in [0.25, 0.3) is 0 Å². The van der Waals surface area contributed by atoms with E-state index in [2.05, 4.69) is 10.0 Å². The highest BCUT2D eigenvalue weighted by Gasteiger charge is 2.15. The molecular weight excluding hydrogens is 376 g/mol. The van der Waals surface area contributed by atoms with Gasteiger partial charge in [0.1, 0.15) is 6.61 Å². The minimum Gasteiger partial charge on any atom is -0.457 e. The zero-order chi connectivity index (χ0) is 19.8. The van der Waals surface area contributed by atoms with Crippen LogP contribution in [-0.2, 0) is 29.2 Å². The van der Waals surface area contributed by atoms with Gasteiger partial charge in [0.05, 0.1) is 5.56 Å². The van der Waals surface area contributed by atoms with Crippen LogP contribution in [0.15, 0.2) is 78.9 Å². The van der Waals surface area contributed by atoms with Crippen LogP contribution in [0.2, 0.25) is 0 Å². The predicted octanol–water partition coefficient (Wildman–Crippen LogP) is 4.20. The monoisotopic (exact) mass is 396 g/mol. The largest absolute Gasteiger partial charge is 0.457 e. The Kier molecular flexibility index (Phi) is 6.78. The lowest BCUT2D eigenvalue weighted by Crippen LogP contribution is -2.11. The average molecular weight is 396 g/mol. The maximum Gasteiger partial charge on any atom is 0.340 e. The third-order valence-corrected chi connectivity index (χ3v) is 4.39. The molecule has 0 spiro atoms. The SMILES string of the molecule is O=C(OCc1ccccc1)c1cc(NS(=O)O)ccc1NCc1ccccc1. The van der Waals surface area contributed by atoms with Crippen molar-refractivity contribution in [3.8, 4) is 0 Å². The van der Waals surface area contributed by atoms with E-state index in [9.17, 15) is 9.00 Å². The first-order chi connectivity index (χ1) is 13.6. The topological polar surface area (TPSA) is 87.7 Å². The quantitative estimate of drug-likeness (QED) is 0.392. The maximum absolute atomic E-state index is 12.7. The first kappa shape index (κ1) is 19.6. The van der Waals surface area contributed by atoms with Crippen molar-refractivity contribution in [2.24, 2.45) is 0 Å². The molecule has 0 aliphatic rings. The Hall–Kier alpha value is -3.16. The van der Waals surface area contributed by atoms with Crippen molar-refractivity contribution in [1.29, 1.82) is 0 Å². The van der Waals surface area contributed by atoms with E-state index in [1.54, 1.807) is 12.1 Å². The summed E-state index contributed by atoms with van der Waals surface area (Å²) in [5.74, 6) is -0.521. The van der Waals surface area contributed by atoms with Crippen LogP contribution in [0.4, 0.5) is 11.4 Å². The number of esters is 1. The lowest BCUT2D eigenvalue weighted by atomic mass is 10.1. The van der Waals surface area contributed by atoms with E-state index < -0.39 is 17.2 Å². The van der Waals surface area contributed by atoms with Crippen molar-refractivity contribution >= 4 is 28.6 Å². The Labute approximate surface area is 166 Å². The van der Waals surface area contributed by atoms with Gasteiger partial charge in [-0.2, -0.15) is 0 Å². The molecule has 0 fully saturated rings. The molecule has 0 radical (unpaired) electrons. The van der Waals surface area contributed by atoms with Crippen LogP contribution in [0.1, 0.15) is 21.5 Å². The van der Waals surface area contributed by atoms with Crippen LogP contribution in [-0.4, -0.2) is 14.7 Å². The number of ether oxygens (including phenoxy) is 1. The van der Waals surface area contributed by atoms with Gasteiger partial charge >= 0.3 is 5.97 Å². The first-order valence-electron chi connectivity index (χ1n) is 8.62. The van der Waals surface area contributed by atoms with Crippen LogP contribution < -0.4 is 10.0 Å². The van der Waals surface area contributed by atoms with Gasteiger partial charge in [-0.1, -0.05) is 60.7 Å². The van der Waals surface area contributed by atoms with Gasteiger partial charge in [-0.15, -0.1) is 0 Å². The summed E-state index contributed by atoms with van der Waals surface area (Å²) in [5.41, 5.74) is 3.14. The molecule has 0 heterocycles.